The molecule has 1 radical (unpaired) electrons. The maximum atomic E-state index is 0. The van der Waals surface area contributed by atoms with Gasteiger partial charge in [0.15, 0.2) is 0 Å². The zero-order chi connectivity index (χ0) is 0. The minimum absolute atomic E-state index is 0. The largest absolute Gasteiger partial charge is 0.316 e. The van der Waals surface area contributed by atoms with Crippen LogP contribution in [0.2, 0.25) is 0 Å². The normalized spacial score (nSPS) is 0. The van der Waals surface area contributed by atoms with Crippen molar-refractivity contribution >= 4 is 47.0 Å². The molecule has 8 heavy (non-hydrogen) atoms. The molecule has 0 aliphatic carbocycles. The molecule has 0 saturated carbocycles. The van der Waals surface area contributed by atoms with Crippen molar-refractivity contribution < 1.29 is 65.6 Å². The second-order valence-corrected chi connectivity index (χ2v) is 0. The van der Waals surface area contributed by atoms with Crippen LogP contribution in [-0.2, 0) is 51.5 Å². The smallest absolute Gasteiger partial charge is 0.269 e. The minimum Gasteiger partial charge on any atom is -0.269 e. The van der Waals surface area contributed by atoms with Crippen molar-refractivity contribution in [2.24, 2.45) is 0 Å². The SMILES string of the molecule is F.F.F.I.[Cr].[Fe].[MgH2].[Mn]. The van der Waals surface area contributed by atoms with E-state index in [2.05, 4.69) is 0 Å². The van der Waals surface area contributed by atoms with Crippen LogP contribution in [0.5, 0.6) is 0 Å². The maximum absolute atomic E-state index is 0. The molecule has 0 aromatic heterocycles. The van der Waals surface area contributed by atoms with Gasteiger partial charge in [0.05, 0.1) is 0 Å². The first-order chi connectivity index (χ1) is 0. The van der Waals surface area contributed by atoms with E-state index in [1.54, 1.807) is 0 Å². The Morgan fingerprint density at radius 3 is 0.750 bits per heavy atom. The number of halogens is 4. The van der Waals surface area contributed by atoms with E-state index in [9.17, 15) is 0 Å². The topological polar surface area (TPSA) is 0 Å². The summed E-state index contributed by atoms with van der Waals surface area (Å²) < 4.78 is 0. The van der Waals surface area contributed by atoms with Crippen molar-refractivity contribution in [2.45, 2.75) is 0 Å². The summed E-state index contributed by atoms with van der Waals surface area (Å²) in [5.74, 6) is 0. The molecule has 0 saturated heterocycles. The Bertz CT molecular complexity index is 19.2. The van der Waals surface area contributed by atoms with E-state index in [0.717, 1.165) is 0 Å². The van der Waals surface area contributed by atoms with Crippen molar-refractivity contribution in [1.29, 1.82) is 0 Å². The van der Waals surface area contributed by atoms with E-state index in [1.807, 2.05) is 0 Å². The standard InChI is InChI=1S/Cr.3FH.Fe.HI.Mg.Mn.2H/h;3*1H;;1H;;;;. The van der Waals surface area contributed by atoms with Gasteiger partial charge in [0, 0.05) is 51.5 Å². The zero-order valence-electron chi connectivity index (χ0n) is 2.77. The van der Waals surface area contributed by atoms with Crippen LogP contribution >= 0.6 is 24.0 Å². The van der Waals surface area contributed by atoms with Crippen molar-refractivity contribution in [3.8, 4) is 0 Å². The molecule has 0 N–H and O–H groups in total. The second-order valence-electron chi connectivity index (χ2n) is 0. The Balaban J connectivity index is 0. The first kappa shape index (κ1) is 129. The average molecular weight is 377 g/mol. The molecule has 8 heteroatoms. The van der Waals surface area contributed by atoms with Gasteiger partial charge in [-0.05, 0) is 0 Å². The molecule has 0 unspecified atom stereocenters. The molecule has 0 rings (SSSR count). The van der Waals surface area contributed by atoms with Gasteiger partial charge in [-0.2, -0.15) is 0 Å². The summed E-state index contributed by atoms with van der Waals surface area (Å²) in [4.78, 5) is 0. The molecule has 0 aliphatic rings. The summed E-state index contributed by atoms with van der Waals surface area (Å²) in [7, 11) is 0. The Hall–Kier alpha value is 2.86. The Kier molecular flexibility index (Phi) is 1530. The minimum atomic E-state index is 0. The quantitative estimate of drug-likeness (QED) is 0.417. The second kappa shape index (κ2) is 94.7. The molecule has 57 valence electrons. The fourth-order valence-corrected chi connectivity index (χ4v) is 0. The molecule has 0 aromatic rings. The van der Waals surface area contributed by atoms with Crippen LogP contribution < -0.4 is 0 Å². The van der Waals surface area contributed by atoms with Crippen molar-refractivity contribution in [2.75, 3.05) is 0 Å². The monoisotopic (exact) mass is 377 g/mol. The third-order valence-corrected chi connectivity index (χ3v) is 0. The number of hydrogen-bond acceptors (Lipinski definition) is 0. The summed E-state index contributed by atoms with van der Waals surface area (Å²) in [5.41, 5.74) is 0. The molecular weight excluding hydrogens is 371 g/mol. The Morgan fingerprint density at radius 1 is 0.750 bits per heavy atom. The molecule has 0 bridgehead atoms. The fraction of sp³-hybridized carbons (Fsp3) is 0. The third kappa shape index (κ3) is 67.0. The summed E-state index contributed by atoms with van der Waals surface area (Å²) in [6, 6.07) is 0. The molecule has 0 atom stereocenters. The van der Waals surface area contributed by atoms with Crippen LogP contribution in [0.25, 0.3) is 0 Å². The van der Waals surface area contributed by atoms with Crippen LogP contribution in [0.15, 0.2) is 0 Å². The van der Waals surface area contributed by atoms with E-state index in [0.29, 0.717) is 0 Å². The third-order valence-electron chi connectivity index (χ3n) is 0. The molecule has 0 nitrogen and oxygen atoms in total. The molecule has 0 aromatic carbocycles. The Labute approximate surface area is 111 Å². The molecule has 0 amide bonds. The van der Waals surface area contributed by atoms with Gasteiger partial charge in [-0.15, -0.1) is 24.0 Å². The van der Waals surface area contributed by atoms with Crippen LogP contribution in [-0.4, -0.2) is 23.1 Å². The first-order valence-electron chi connectivity index (χ1n) is 0. The predicted molar refractivity (Wildman–Crippen MR) is 31.5 cm³/mol. The summed E-state index contributed by atoms with van der Waals surface area (Å²) in [6.45, 7) is 0. The molecular formula is H6CrF3FeIMgMn. The molecule has 0 aliphatic heterocycles. The molecule has 0 heterocycles. The average Bonchev–Trinajstić information content (AvgIpc) is 0. The van der Waals surface area contributed by atoms with Gasteiger partial charge in [-0.3, -0.25) is 14.1 Å². The van der Waals surface area contributed by atoms with E-state index >= 15 is 0 Å². The fourth-order valence-electron chi connectivity index (χ4n) is 0. The summed E-state index contributed by atoms with van der Waals surface area (Å²) in [5, 5.41) is 0. The Morgan fingerprint density at radius 2 is 0.750 bits per heavy atom. The molecule has 0 spiro atoms. The van der Waals surface area contributed by atoms with E-state index in [-0.39, 0.29) is 113 Å². The van der Waals surface area contributed by atoms with Crippen LogP contribution in [0.1, 0.15) is 0 Å². The zero-order valence-corrected chi connectivity index (χ0v) is 8.66. The van der Waals surface area contributed by atoms with Gasteiger partial charge in [-0.1, -0.05) is 0 Å². The van der Waals surface area contributed by atoms with Gasteiger partial charge < -0.3 is 0 Å². The van der Waals surface area contributed by atoms with Gasteiger partial charge in [-0.25, -0.2) is 0 Å². The number of hydrogen-bond donors (Lipinski definition) is 0. The van der Waals surface area contributed by atoms with Crippen molar-refractivity contribution in [3.63, 3.8) is 0 Å². The van der Waals surface area contributed by atoms with E-state index < -0.39 is 0 Å². The van der Waals surface area contributed by atoms with Gasteiger partial charge >= 0.3 is 23.1 Å². The first-order valence-corrected chi connectivity index (χ1v) is 0. The van der Waals surface area contributed by atoms with Gasteiger partial charge in [0.1, 0.15) is 0 Å². The van der Waals surface area contributed by atoms with Crippen LogP contribution in [0.4, 0.5) is 14.1 Å². The summed E-state index contributed by atoms with van der Waals surface area (Å²) in [6.07, 6.45) is 0. The molecule has 0 fully saturated rings. The maximum Gasteiger partial charge on any atom is 0.316 e. The van der Waals surface area contributed by atoms with Gasteiger partial charge in [0.2, 0.25) is 0 Å². The van der Waals surface area contributed by atoms with Crippen LogP contribution in [0, 0.1) is 0 Å². The van der Waals surface area contributed by atoms with E-state index in [1.165, 1.54) is 0 Å². The number of rotatable bonds is 0. The van der Waals surface area contributed by atoms with Gasteiger partial charge in [0.25, 0.3) is 0 Å². The van der Waals surface area contributed by atoms with Crippen molar-refractivity contribution in [3.05, 3.63) is 0 Å². The van der Waals surface area contributed by atoms with Crippen LogP contribution in [0.3, 0.4) is 0 Å². The van der Waals surface area contributed by atoms with E-state index in [4.69, 9.17) is 0 Å². The van der Waals surface area contributed by atoms with Crippen molar-refractivity contribution in [1.82, 2.24) is 0 Å². The summed E-state index contributed by atoms with van der Waals surface area (Å²) >= 11 is 0. The predicted octanol–water partition coefficient (Wildman–Crippen LogP) is 0.152.